The zero-order valence-corrected chi connectivity index (χ0v) is 11.6. The van der Waals surface area contributed by atoms with Gasteiger partial charge in [0.1, 0.15) is 0 Å². The van der Waals surface area contributed by atoms with Crippen LogP contribution in [-0.4, -0.2) is 56.7 Å². The van der Waals surface area contributed by atoms with Crippen molar-refractivity contribution in [1.29, 1.82) is 0 Å². The highest BCUT2D eigenvalue weighted by atomic mass is 16.7. The number of piperazine rings is 1. The molecular formula is C14H20N2O4. The molecule has 0 saturated carbocycles. The van der Waals surface area contributed by atoms with Gasteiger partial charge in [0.2, 0.25) is 12.5 Å². The van der Waals surface area contributed by atoms with Gasteiger partial charge in [0, 0.05) is 26.2 Å². The van der Waals surface area contributed by atoms with Crippen LogP contribution in [0.4, 0.5) is 0 Å². The van der Waals surface area contributed by atoms with Crippen molar-refractivity contribution in [3.8, 4) is 17.2 Å². The molecule has 2 aliphatic rings. The van der Waals surface area contributed by atoms with E-state index in [2.05, 4.69) is 10.2 Å². The second kappa shape index (κ2) is 5.87. The summed E-state index contributed by atoms with van der Waals surface area (Å²) in [6.45, 7) is 4.01. The van der Waals surface area contributed by atoms with E-state index in [1.165, 1.54) is 0 Å². The molecule has 3 rings (SSSR count). The maximum atomic E-state index is 9.77. The van der Waals surface area contributed by atoms with Gasteiger partial charge in [-0.1, -0.05) is 0 Å². The van der Waals surface area contributed by atoms with Crippen LogP contribution in [0.15, 0.2) is 12.1 Å². The molecule has 2 heterocycles. The molecule has 0 aromatic heterocycles. The highest BCUT2D eigenvalue weighted by Gasteiger charge is 2.26. The Morgan fingerprint density at radius 1 is 1.35 bits per heavy atom. The quantitative estimate of drug-likeness (QED) is 0.830. The normalized spacial score (nSPS) is 19.9. The molecule has 20 heavy (non-hydrogen) atoms. The van der Waals surface area contributed by atoms with Gasteiger partial charge in [0.15, 0.2) is 11.5 Å². The average molecular weight is 280 g/mol. The molecule has 0 bridgehead atoms. The Balaban J connectivity index is 1.91. The molecule has 6 nitrogen and oxygen atoms in total. The van der Waals surface area contributed by atoms with Gasteiger partial charge < -0.3 is 24.6 Å². The lowest BCUT2D eigenvalue weighted by Gasteiger charge is -2.34. The molecule has 2 N–H and O–H groups in total. The summed E-state index contributed by atoms with van der Waals surface area (Å²) >= 11 is 0. The van der Waals surface area contributed by atoms with E-state index in [9.17, 15) is 5.11 Å². The molecule has 1 saturated heterocycles. The van der Waals surface area contributed by atoms with E-state index in [4.69, 9.17) is 14.2 Å². The molecule has 0 radical (unpaired) electrons. The fourth-order valence-corrected chi connectivity index (χ4v) is 2.77. The minimum Gasteiger partial charge on any atom is -0.493 e. The second-order valence-electron chi connectivity index (χ2n) is 4.94. The van der Waals surface area contributed by atoms with Gasteiger partial charge in [-0.25, -0.2) is 0 Å². The van der Waals surface area contributed by atoms with Crippen molar-refractivity contribution in [2.75, 3.05) is 46.7 Å². The number of rotatable bonds is 4. The van der Waals surface area contributed by atoms with E-state index in [0.29, 0.717) is 17.2 Å². The molecule has 0 amide bonds. The lowest BCUT2D eigenvalue weighted by Crippen LogP contribution is -2.46. The Labute approximate surface area is 118 Å². The van der Waals surface area contributed by atoms with Crippen LogP contribution < -0.4 is 19.5 Å². The monoisotopic (exact) mass is 280 g/mol. The summed E-state index contributed by atoms with van der Waals surface area (Å²) in [4.78, 5) is 2.27. The molecule has 110 valence electrons. The van der Waals surface area contributed by atoms with Crippen LogP contribution >= 0.6 is 0 Å². The Kier molecular flexibility index (Phi) is 3.95. The molecule has 0 unspecified atom stereocenters. The summed E-state index contributed by atoms with van der Waals surface area (Å²) in [6.07, 6.45) is 0. The van der Waals surface area contributed by atoms with Crippen LogP contribution in [0.2, 0.25) is 0 Å². The molecule has 1 fully saturated rings. The molecule has 1 aromatic carbocycles. The number of aliphatic hydroxyl groups excluding tert-OH is 1. The highest BCUT2D eigenvalue weighted by Crippen LogP contribution is 2.43. The number of nitrogens with one attached hydrogen (secondary N) is 1. The van der Waals surface area contributed by atoms with E-state index in [0.717, 1.165) is 31.7 Å². The van der Waals surface area contributed by atoms with Gasteiger partial charge in [-0.15, -0.1) is 0 Å². The number of nitrogens with zero attached hydrogens (tertiary/aromatic N) is 1. The first-order valence-corrected chi connectivity index (χ1v) is 6.86. The molecule has 6 heteroatoms. The summed E-state index contributed by atoms with van der Waals surface area (Å²) in [7, 11) is 1.61. The predicted octanol–water partition coefficient (Wildman–Crippen LogP) is 0.363. The van der Waals surface area contributed by atoms with E-state index >= 15 is 0 Å². The lowest BCUT2D eigenvalue weighted by molar-refractivity contribution is 0.110. The van der Waals surface area contributed by atoms with Crippen molar-refractivity contribution in [1.82, 2.24) is 10.2 Å². The van der Waals surface area contributed by atoms with E-state index in [-0.39, 0.29) is 19.4 Å². The lowest BCUT2D eigenvalue weighted by atomic mass is 10.0. The Morgan fingerprint density at radius 2 is 2.15 bits per heavy atom. The fourth-order valence-electron chi connectivity index (χ4n) is 2.77. The fraction of sp³-hybridized carbons (Fsp3) is 0.571. The Bertz CT molecular complexity index is 474. The van der Waals surface area contributed by atoms with E-state index in [1.807, 2.05) is 12.1 Å². The standard InChI is InChI=1S/C14H20N2O4/c1-18-12-6-10(7-13-14(12)20-9-19-13)11(8-17)16-4-2-15-3-5-16/h6-7,11,15,17H,2-5,8-9H2,1H3/t11-/m0/s1. The predicted molar refractivity (Wildman–Crippen MR) is 73.4 cm³/mol. The number of aliphatic hydroxyl groups is 1. The second-order valence-corrected chi connectivity index (χ2v) is 4.94. The number of ether oxygens (including phenoxy) is 3. The maximum absolute atomic E-state index is 9.77. The van der Waals surface area contributed by atoms with E-state index in [1.54, 1.807) is 7.11 Å². The van der Waals surface area contributed by atoms with E-state index < -0.39 is 0 Å². The van der Waals surface area contributed by atoms with Crippen LogP contribution in [0.3, 0.4) is 0 Å². The van der Waals surface area contributed by atoms with Crippen LogP contribution in [0, 0.1) is 0 Å². The topological polar surface area (TPSA) is 63.2 Å². The zero-order chi connectivity index (χ0) is 13.9. The third-order valence-corrected chi connectivity index (χ3v) is 3.83. The van der Waals surface area contributed by atoms with Crippen LogP contribution in [0.1, 0.15) is 11.6 Å². The van der Waals surface area contributed by atoms with Gasteiger partial charge in [0.05, 0.1) is 19.8 Å². The Morgan fingerprint density at radius 3 is 2.85 bits per heavy atom. The number of benzene rings is 1. The van der Waals surface area contributed by atoms with Crippen molar-refractivity contribution in [2.24, 2.45) is 0 Å². The molecule has 2 aliphatic heterocycles. The van der Waals surface area contributed by atoms with Crippen LogP contribution in [0.5, 0.6) is 17.2 Å². The first kappa shape index (κ1) is 13.5. The largest absolute Gasteiger partial charge is 0.493 e. The van der Waals surface area contributed by atoms with Gasteiger partial charge in [0.25, 0.3) is 0 Å². The smallest absolute Gasteiger partial charge is 0.231 e. The summed E-state index contributed by atoms with van der Waals surface area (Å²) < 4.78 is 16.2. The molecule has 0 aliphatic carbocycles. The molecular weight excluding hydrogens is 260 g/mol. The minimum absolute atomic E-state index is 0.0412. The van der Waals surface area contributed by atoms with Crippen molar-refractivity contribution < 1.29 is 19.3 Å². The van der Waals surface area contributed by atoms with Gasteiger partial charge in [-0.05, 0) is 17.7 Å². The van der Waals surface area contributed by atoms with Crippen molar-refractivity contribution in [2.45, 2.75) is 6.04 Å². The third-order valence-electron chi connectivity index (χ3n) is 3.83. The first-order valence-electron chi connectivity index (χ1n) is 6.86. The molecule has 0 spiro atoms. The zero-order valence-electron chi connectivity index (χ0n) is 11.6. The highest BCUT2D eigenvalue weighted by molar-refractivity contribution is 5.55. The first-order chi connectivity index (χ1) is 9.83. The summed E-state index contributed by atoms with van der Waals surface area (Å²) in [5.41, 5.74) is 0.996. The number of hydrogen-bond acceptors (Lipinski definition) is 6. The van der Waals surface area contributed by atoms with Gasteiger partial charge >= 0.3 is 0 Å². The van der Waals surface area contributed by atoms with Crippen molar-refractivity contribution in [3.63, 3.8) is 0 Å². The van der Waals surface area contributed by atoms with Gasteiger partial charge in [-0.2, -0.15) is 0 Å². The summed E-state index contributed by atoms with van der Waals surface area (Å²) in [5, 5.41) is 13.1. The van der Waals surface area contributed by atoms with Crippen molar-refractivity contribution >= 4 is 0 Å². The van der Waals surface area contributed by atoms with Crippen LogP contribution in [-0.2, 0) is 0 Å². The minimum atomic E-state index is -0.0412. The number of methoxy groups -OCH3 is 1. The SMILES string of the molecule is COc1cc([C@H](CO)N2CCNCC2)cc2c1OCO2. The van der Waals surface area contributed by atoms with Gasteiger partial charge in [-0.3, -0.25) is 4.90 Å². The third kappa shape index (κ3) is 2.42. The average Bonchev–Trinajstić information content (AvgIpc) is 2.97. The number of hydrogen-bond donors (Lipinski definition) is 2. The summed E-state index contributed by atoms with van der Waals surface area (Å²) in [6, 6.07) is 3.82. The number of fused-ring (bicyclic) bond motifs is 1. The Hall–Kier alpha value is -1.50. The molecule has 1 aromatic rings. The maximum Gasteiger partial charge on any atom is 0.231 e. The summed E-state index contributed by atoms with van der Waals surface area (Å²) in [5.74, 6) is 1.99. The molecule has 1 atom stereocenters. The van der Waals surface area contributed by atoms with Crippen molar-refractivity contribution in [3.05, 3.63) is 17.7 Å². The van der Waals surface area contributed by atoms with Crippen LogP contribution in [0.25, 0.3) is 0 Å².